The molecule has 34 heavy (non-hydrogen) atoms. The van der Waals surface area contributed by atoms with Crippen LogP contribution < -0.4 is 5.32 Å². The van der Waals surface area contributed by atoms with Crippen molar-refractivity contribution in [3.05, 3.63) is 108 Å². The first-order chi connectivity index (χ1) is 16.6. The maximum Gasteiger partial charge on any atom is 0.242 e. The monoisotopic (exact) mass is 456 g/mol. The summed E-state index contributed by atoms with van der Waals surface area (Å²) in [5.74, 6) is -0.165. The molecule has 0 aliphatic rings. The summed E-state index contributed by atoms with van der Waals surface area (Å²) in [5, 5.41) is 3.00. The van der Waals surface area contributed by atoms with Crippen LogP contribution in [0.5, 0.6) is 0 Å². The third kappa shape index (κ3) is 7.31. The molecule has 0 aliphatic carbocycles. The minimum absolute atomic E-state index is 0.00761. The third-order valence-electron chi connectivity index (χ3n) is 6.26. The molecule has 4 heteroatoms. The predicted molar refractivity (Wildman–Crippen MR) is 139 cm³/mol. The van der Waals surface area contributed by atoms with Crippen molar-refractivity contribution in [3.63, 3.8) is 0 Å². The molecule has 0 heterocycles. The van der Waals surface area contributed by atoms with Gasteiger partial charge in [0.05, 0.1) is 0 Å². The van der Waals surface area contributed by atoms with Crippen molar-refractivity contribution in [1.29, 1.82) is 0 Å². The third-order valence-corrected chi connectivity index (χ3v) is 6.26. The molecule has 0 saturated carbocycles. The molecule has 0 saturated heterocycles. The van der Waals surface area contributed by atoms with Gasteiger partial charge in [-0.05, 0) is 36.5 Å². The first kappa shape index (κ1) is 25.2. The average molecular weight is 457 g/mol. The number of nitrogens with one attached hydrogen (secondary N) is 1. The van der Waals surface area contributed by atoms with E-state index in [9.17, 15) is 9.59 Å². The zero-order chi connectivity index (χ0) is 24.2. The number of hydrogen-bond donors (Lipinski definition) is 1. The Labute approximate surface area is 204 Å². The smallest absolute Gasteiger partial charge is 0.242 e. The van der Waals surface area contributed by atoms with Crippen LogP contribution in [0.2, 0.25) is 0 Å². The van der Waals surface area contributed by atoms with E-state index in [0.717, 1.165) is 29.5 Å². The Hall–Kier alpha value is -3.40. The van der Waals surface area contributed by atoms with E-state index in [1.807, 2.05) is 61.5 Å². The van der Waals surface area contributed by atoms with Gasteiger partial charge in [0.15, 0.2) is 0 Å². The number of carbonyl (C=O) groups is 2. The first-order valence-corrected chi connectivity index (χ1v) is 12.3. The van der Waals surface area contributed by atoms with Gasteiger partial charge in [0.2, 0.25) is 11.8 Å². The standard InChI is InChI=1S/C30H36N2O2/c1-3-4-21-31-30(34)24(2)32(22-20-25-14-8-5-9-15-25)29(33)23-28(26-16-10-6-11-17-26)27-18-12-7-13-19-27/h5-19,24,28H,3-4,20-23H2,1-2H3,(H,31,34). The average Bonchev–Trinajstić information content (AvgIpc) is 2.89. The Kier molecular flexibility index (Phi) is 9.90. The maximum atomic E-state index is 13.7. The fourth-order valence-corrected chi connectivity index (χ4v) is 4.20. The number of nitrogens with zero attached hydrogens (tertiary/aromatic N) is 1. The molecule has 0 radical (unpaired) electrons. The molecular formula is C30H36N2O2. The molecule has 1 N–H and O–H groups in total. The largest absolute Gasteiger partial charge is 0.354 e. The zero-order valence-electron chi connectivity index (χ0n) is 20.3. The molecule has 0 aromatic heterocycles. The van der Waals surface area contributed by atoms with Crippen LogP contribution in [0.15, 0.2) is 91.0 Å². The lowest BCUT2D eigenvalue weighted by Crippen LogP contribution is -2.49. The second-order valence-electron chi connectivity index (χ2n) is 8.72. The molecule has 0 aliphatic heterocycles. The fourth-order valence-electron chi connectivity index (χ4n) is 4.20. The van der Waals surface area contributed by atoms with Crippen LogP contribution in [-0.4, -0.2) is 35.8 Å². The van der Waals surface area contributed by atoms with E-state index >= 15 is 0 Å². The number of unbranched alkanes of at least 4 members (excludes halogenated alkanes) is 1. The van der Waals surface area contributed by atoms with Gasteiger partial charge in [-0.2, -0.15) is 0 Å². The predicted octanol–water partition coefficient (Wildman–Crippen LogP) is 5.58. The number of benzene rings is 3. The van der Waals surface area contributed by atoms with Crippen molar-refractivity contribution in [2.75, 3.05) is 13.1 Å². The van der Waals surface area contributed by atoms with Crippen molar-refractivity contribution in [1.82, 2.24) is 10.2 Å². The van der Waals surface area contributed by atoms with Gasteiger partial charge in [0.25, 0.3) is 0 Å². The lowest BCUT2D eigenvalue weighted by atomic mass is 9.88. The SMILES string of the molecule is CCCCNC(=O)C(C)N(CCc1ccccc1)C(=O)CC(c1ccccc1)c1ccccc1. The topological polar surface area (TPSA) is 49.4 Å². The number of rotatable bonds is 12. The van der Waals surface area contributed by atoms with Crippen LogP contribution in [0.3, 0.4) is 0 Å². The van der Waals surface area contributed by atoms with Gasteiger partial charge in [-0.15, -0.1) is 0 Å². The van der Waals surface area contributed by atoms with Crippen molar-refractivity contribution >= 4 is 11.8 Å². The molecule has 3 aromatic carbocycles. The van der Waals surface area contributed by atoms with Gasteiger partial charge < -0.3 is 10.2 Å². The summed E-state index contributed by atoms with van der Waals surface area (Å²) in [5.41, 5.74) is 3.36. The van der Waals surface area contributed by atoms with Crippen LogP contribution in [0.4, 0.5) is 0 Å². The summed E-state index contributed by atoms with van der Waals surface area (Å²) in [6.45, 7) is 5.07. The Bertz CT molecular complexity index is 966. The Morgan fingerprint density at radius 3 is 1.88 bits per heavy atom. The Morgan fingerprint density at radius 2 is 1.35 bits per heavy atom. The van der Waals surface area contributed by atoms with Gasteiger partial charge in [-0.25, -0.2) is 0 Å². The molecule has 3 aromatic rings. The minimum atomic E-state index is -0.528. The quantitative estimate of drug-likeness (QED) is 0.362. The summed E-state index contributed by atoms with van der Waals surface area (Å²) in [7, 11) is 0. The summed E-state index contributed by atoms with van der Waals surface area (Å²) in [6.07, 6.45) is 2.97. The highest BCUT2D eigenvalue weighted by Gasteiger charge is 2.28. The highest BCUT2D eigenvalue weighted by atomic mass is 16.2. The summed E-state index contributed by atoms with van der Waals surface area (Å²) in [4.78, 5) is 28.4. The summed E-state index contributed by atoms with van der Waals surface area (Å²) < 4.78 is 0. The van der Waals surface area contributed by atoms with E-state index < -0.39 is 6.04 Å². The van der Waals surface area contributed by atoms with E-state index in [0.29, 0.717) is 25.9 Å². The summed E-state index contributed by atoms with van der Waals surface area (Å²) in [6, 6.07) is 29.9. The van der Waals surface area contributed by atoms with Crippen LogP contribution in [0.1, 0.15) is 55.7 Å². The van der Waals surface area contributed by atoms with E-state index in [1.165, 1.54) is 0 Å². The van der Waals surface area contributed by atoms with Crippen LogP contribution in [-0.2, 0) is 16.0 Å². The van der Waals surface area contributed by atoms with Crippen LogP contribution in [0.25, 0.3) is 0 Å². The van der Waals surface area contributed by atoms with Crippen LogP contribution >= 0.6 is 0 Å². The van der Waals surface area contributed by atoms with E-state index in [2.05, 4.69) is 48.6 Å². The molecule has 0 spiro atoms. The molecular weight excluding hydrogens is 420 g/mol. The van der Waals surface area contributed by atoms with Gasteiger partial charge in [0, 0.05) is 25.4 Å². The second kappa shape index (κ2) is 13.3. The minimum Gasteiger partial charge on any atom is -0.354 e. The van der Waals surface area contributed by atoms with Crippen LogP contribution in [0, 0.1) is 0 Å². The zero-order valence-corrected chi connectivity index (χ0v) is 20.3. The van der Waals surface area contributed by atoms with E-state index in [4.69, 9.17) is 0 Å². The molecule has 3 rings (SSSR count). The molecule has 2 amide bonds. The highest BCUT2D eigenvalue weighted by Crippen LogP contribution is 2.29. The van der Waals surface area contributed by atoms with Crippen molar-refractivity contribution in [2.24, 2.45) is 0 Å². The normalized spacial score (nSPS) is 11.7. The van der Waals surface area contributed by atoms with Gasteiger partial charge in [-0.1, -0.05) is 104 Å². The Balaban J connectivity index is 1.82. The van der Waals surface area contributed by atoms with Crippen molar-refractivity contribution < 1.29 is 9.59 Å². The first-order valence-electron chi connectivity index (χ1n) is 12.3. The van der Waals surface area contributed by atoms with E-state index in [-0.39, 0.29) is 17.7 Å². The van der Waals surface area contributed by atoms with Crippen molar-refractivity contribution in [2.45, 2.75) is 51.5 Å². The number of amides is 2. The number of carbonyl (C=O) groups excluding carboxylic acids is 2. The van der Waals surface area contributed by atoms with Gasteiger partial charge in [-0.3, -0.25) is 9.59 Å². The fraction of sp³-hybridized carbons (Fsp3) is 0.333. The molecule has 1 atom stereocenters. The van der Waals surface area contributed by atoms with Gasteiger partial charge >= 0.3 is 0 Å². The molecule has 1 unspecified atom stereocenters. The molecule has 178 valence electrons. The second-order valence-corrected chi connectivity index (χ2v) is 8.72. The highest BCUT2D eigenvalue weighted by molar-refractivity contribution is 5.87. The van der Waals surface area contributed by atoms with E-state index in [1.54, 1.807) is 4.90 Å². The lowest BCUT2D eigenvalue weighted by Gasteiger charge is -2.30. The molecule has 4 nitrogen and oxygen atoms in total. The molecule has 0 bridgehead atoms. The maximum absolute atomic E-state index is 13.7. The number of hydrogen-bond acceptors (Lipinski definition) is 2. The van der Waals surface area contributed by atoms with Gasteiger partial charge in [0.1, 0.15) is 6.04 Å². The lowest BCUT2D eigenvalue weighted by molar-refractivity contribution is -0.140. The van der Waals surface area contributed by atoms with Crippen molar-refractivity contribution in [3.8, 4) is 0 Å². The summed E-state index contributed by atoms with van der Waals surface area (Å²) >= 11 is 0. The Morgan fingerprint density at radius 1 is 0.824 bits per heavy atom. The molecule has 0 fully saturated rings.